The van der Waals surface area contributed by atoms with Crippen molar-refractivity contribution in [1.29, 1.82) is 0 Å². The van der Waals surface area contributed by atoms with Crippen molar-refractivity contribution in [3.05, 3.63) is 29.3 Å². The zero-order chi connectivity index (χ0) is 19.4. The molecule has 148 valence electrons. The number of amides is 1. The number of ether oxygens (including phenoxy) is 2. The van der Waals surface area contributed by atoms with Crippen LogP contribution in [0.2, 0.25) is 5.02 Å². The molecule has 1 unspecified atom stereocenters. The summed E-state index contributed by atoms with van der Waals surface area (Å²) in [4.78, 5) is 20.8. The number of aliphatic imine (C=N–C) groups is 1. The van der Waals surface area contributed by atoms with E-state index >= 15 is 0 Å². The Morgan fingerprint density at radius 1 is 1.33 bits per heavy atom. The number of guanidine groups is 1. The molecule has 7 nitrogen and oxygen atoms in total. The normalized spacial score (nSPS) is 19.4. The number of para-hydroxylation sites is 1. The van der Waals surface area contributed by atoms with Gasteiger partial charge in [0.15, 0.2) is 5.96 Å². The molecule has 2 aliphatic rings. The molecule has 0 aliphatic carbocycles. The zero-order valence-electron chi connectivity index (χ0n) is 16.1. The van der Waals surface area contributed by atoms with Crippen LogP contribution in [0.3, 0.4) is 0 Å². The van der Waals surface area contributed by atoms with E-state index in [1.54, 1.807) is 11.0 Å². The van der Waals surface area contributed by atoms with Crippen molar-refractivity contribution in [3.63, 3.8) is 0 Å². The minimum atomic E-state index is -0.477. The molecule has 0 saturated carbocycles. The Morgan fingerprint density at radius 3 is 2.85 bits per heavy atom. The summed E-state index contributed by atoms with van der Waals surface area (Å²) < 4.78 is 11.2. The van der Waals surface area contributed by atoms with Gasteiger partial charge in [-0.2, -0.15) is 0 Å². The largest absolute Gasteiger partial charge is 0.490 e. The molecule has 1 fully saturated rings. The summed E-state index contributed by atoms with van der Waals surface area (Å²) in [6.07, 6.45) is -0.253. The molecule has 1 atom stereocenters. The lowest BCUT2D eigenvalue weighted by Crippen LogP contribution is -2.57. The summed E-state index contributed by atoms with van der Waals surface area (Å²) in [7, 11) is 0. The monoisotopic (exact) mass is 394 g/mol. The smallest absolute Gasteiger partial charge is 0.410 e. The van der Waals surface area contributed by atoms with Crippen LogP contribution in [-0.4, -0.2) is 72.8 Å². The van der Waals surface area contributed by atoms with Gasteiger partial charge in [-0.15, -0.1) is 0 Å². The Balaban J connectivity index is 1.42. The quantitative estimate of drug-likeness (QED) is 0.795. The Morgan fingerprint density at radius 2 is 2.11 bits per heavy atom. The number of hydrogen-bond donors (Lipinski definition) is 1. The number of halogens is 1. The first-order chi connectivity index (χ1) is 12.8. The van der Waals surface area contributed by atoms with Gasteiger partial charge in [0.2, 0.25) is 0 Å². The molecule has 0 bridgehead atoms. The molecule has 8 heteroatoms. The van der Waals surface area contributed by atoms with E-state index in [1.165, 1.54) is 0 Å². The minimum absolute atomic E-state index is 0.193. The van der Waals surface area contributed by atoms with Gasteiger partial charge in [-0.25, -0.2) is 4.79 Å². The summed E-state index contributed by atoms with van der Waals surface area (Å²) in [5, 5.41) is 3.93. The Kier molecular flexibility index (Phi) is 5.99. The van der Waals surface area contributed by atoms with Crippen LogP contribution < -0.4 is 10.1 Å². The van der Waals surface area contributed by atoms with Crippen LogP contribution in [0.5, 0.6) is 5.75 Å². The Hall–Kier alpha value is -2.15. The van der Waals surface area contributed by atoms with Gasteiger partial charge in [0, 0.05) is 19.6 Å². The van der Waals surface area contributed by atoms with Crippen LogP contribution in [0.25, 0.3) is 0 Å². The highest BCUT2D eigenvalue weighted by Crippen LogP contribution is 2.23. The van der Waals surface area contributed by atoms with E-state index in [4.69, 9.17) is 21.1 Å². The van der Waals surface area contributed by atoms with E-state index < -0.39 is 5.60 Å². The highest BCUT2D eigenvalue weighted by Gasteiger charge is 2.36. The predicted octanol–water partition coefficient (Wildman–Crippen LogP) is 2.60. The lowest BCUT2D eigenvalue weighted by atomic mass is 10.2. The van der Waals surface area contributed by atoms with Crippen LogP contribution in [-0.2, 0) is 4.74 Å². The molecule has 27 heavy (non-hydrogen) atoms. The maximum atomic E-state index is 12.3. The second-order valence-electron chi connectivity index (χ2n) is 7.64. The SMILES string of the molecule is CC(C)(C)OC(=O)N1CCN2C(NCCOc3ccccc3Cl)=NCC2C1. The molecule has 2 heterocycles. The molecule has 2 aliphatic heterocycles. The topological polar surface area (TPSA) is 66.4 Å². The van der Waals surface area contributed by atoms with Crippen LogP contribution in [0.15, 0.2) is 29.3 Å². The van der Waals surface area contributed by atoms with Gasteiger partial charge in [0.25, 0.3) is 0 Å². The lowest BCUT2D eigenvalue weighted by Gasteiger charge is -2.39. The number of carbonyl (C=O) groups is 1. The predicted molar refractivity (Wildman–Crippen MR) is 106 cm³/mol. The molecule has 0 radical (unpaired) electrons. The van der Waals surface area contributed by atoms with E-state index in [9.17, 15) is 4.79 Å². The Bertz CT molecular complexity index is 704. The van der Waals surface area contributed by atoms with Crippen molar-refractivity contribution in [2.75, 3.05) is 39.3 Å². The van der Waals surface area contributed by atoms with Gasteiger partial charge in [-0.3, -0.25) is 4.99 Å². The van der Waals surface area contributed by atoms with E-state index in [1.807, 2.05) is 39.0 Å². The second-order valence-corrected chi connectivity index (χ2v) is 8.05. The van der Waals surface area contributed by atoms with Crippen LogP contribution >= 0.6 is 11.6 Å². The zero-order valence-corrected chi connectivity index (χ0v) is 16.8. The summed E-state index contributed by atoms with van der Waals surface area (Å²) >= 11 is 6.08. The first-order valence-electron chi connectivity index (χ1n) is 9.24. The molecule has 0 aromatic heterocycles. The van der Waals surface area contributed by atoms with Crippen molar-refractivity contribution in [2.45, 2.75) is 32.4 Å². The molecular weight excluding hydrogens is 368 g/mol. The van der Waals surface area contributed by atoms with Gasteiger partial charge in [-0.05, 0) is 32.9 Å². The van der Waals surface area contributed by atoms with Crippen molar-refractivity contribution in [3.8, 4) is 5.75 Å². The van der Waals surface area contributed by atoms with Crippen molar-refractivity contribution >= 4 is 23.7 Å². The summed E-state index contributed by atoms with van der Waals surface area (Å²) in [5.74, 6) is 1.55. The lowest BCUT2D eigenvalue weighted by molar-refractivity contribution is 0.0137. The van der Waals surface area contributed by atoms with Gasteiger partial charge < -0.3 is 24.6 Å². The summed E-state index contributed by atoms with van der Waals surface area (Å²) in [6.45, 7) is 9.43. The first kappa shape index (κ1) is 19.6. The number of piperazine rings is 1. The van der Waals surface area contributed by atoms with Crippen molar-refractivity contribution in [2.24, 2.45) is 4.99 Å². The maximum absolute atomic E-state index is 12.3. The van der Waals surface area contributed by atoms with E-state index in [0.717, 1.165) is 12.5 Å². The van der Waals surface area contributed by atoms with Crippen LogP contribution in [0.4, 0.5) is 4.79 Å². The average Bonchev–Trinajstić information content (AvgIpc) is 3.01. The van der Waals surface area contributed by atoms with Gasteiger partial charge in [0.05, 0.1) is 24.2 Å². The molecule has 1 N–H and O–H groups in total. The number of hydrogen-bond acceptors (Lipinski definition) is 6. The highest BCUT2D eigenvalue weighted by molar-refractivity contribution is 6.32. The fourth-order valence-corrected chi connectivity index (χ4v) is 3.30. The summed E-state index contributed by atoms with van der Waals surface area (Å²) in [5.41, 5.74) is -0.477. The number of nitrogens with one attached hydrogen (secondary N) is 1. The van der Waals surface area contributed by atoms with Gasteiger partial charge >= 0.3 is 6.09 Å². The van der Waals surface area contributed by atoms with E-state index in [0.29, 0.717) is 43.6 Å². The number of fused-ring (bicyclic) bond motifs is 1. The number of carbonyl (C=O) groups excluding carboxylic acids is 1. The third-order valence-corrected chi connectivity index (χ3v) is 4.65. The van der Waals surface area contributed by atoms with Gasteiger partial charge in [0.1, 0.15) is 18.0 Å². The molecule has 3 rings (SSSR count). The van der Waals surface area contributed by atoms with Gasteiger partial charge in [-0.1, -0.05) is 23.7 Å². The second kappa shape index (κ2) is 8.25. The number of nitrogens with zero attached hydrogens (tertiary/aromatic N) is 3. The Labute approximate surface area is 165 Å². The van der Waals surface area contributed by atoms with E-state index in [-0.39, 0.29) is 12.1 Å². The molecule has 1 aromatic rings. The molecule has 1 aromatic carbocycles. The van der Waals surface area contributed by atoms with E-state index in [2.05, 4.69) is 15.2 Å². The summed E-state index contributed by atoms with van der Waals surface area (Å²) in [6, 6.07) is 7.61. The van der Waals surface area contributed by atoms with Crippen LogP contribution in [0.1, 0.15) is 20.8 Å². The molecular formula is C19H27ClN4O3. The fourth-order valence-electron chi connectivity index (χ4n) is 3.11. The molecule has 0 spiro atoms. The average molecular weight is 395 g/mol. The number of rotatable bonds is 4. The highest BCUT2D eigenvalue weighted by atomic mass is 35.5. The van der Waals surface area contributed by atoms with Crippen LogP contribution in [0, 0.1) is 0 Å². The third kappa shape index (κ3) is 5.19. The van der Waals surface area contributed by atoms with Crippen molar-refractivity contribution in [1.82, 2.24) is 15.1 Å². The standard InChI is InChI=1S/C19H27ClN4O3/c1-19(2,3)27-18(25)23-9-10-24-14(13-23)12-22-17(24)21-8-11-26-16-7-5-4-6-15(16)20/h4-7,14H,8-13H2,1-3H3,(H,21,22). The fraction of sp³-hybridized carbons (Fsp3) is 0.579. The maximum Gasteiger partial charge on any atom is 0.410 e. The number of benzene rings is 1. The molecule has 1 saturated heterocycles. The molecule has 1 amide bonds. The minimum Gasteiger partial charge on any atom is -0.490 e. The third-order valence-electron chi connectivity index (χ3n) is 4.34. The first-order valence-corrected chi connectivity index (χ1v) is 9.61. The van der Waals surface area contributed by atoms with Crippen molar-refractivity contribution < 1.29 is 14.3 Å².